The summed E-state index contributed by atoms with van der Waals surface area (Å²) in [6.07, 6.45) is 12.5. The highest BCUT2D eigenvalue weighted by Crippen LogP contribution is 2.37. The van der Waals surface area contributed by atoms with E-state index in [1.54, 1.807) is 12.4 Å². The van der Waals surface area contributed by atoms with Gasteiger partial charge < -0.3 is 10.0 Å². The maximum absolute atomic E-state index is 10.5. The number of fused-ring (bicyclic) bond motifs is 1. The highest BCUT2D eigenvalue weighted by molar-refractivity contribution is 5.85. The Morgan fingerprint density at radius 2 is 2.00 bits per heavy atom. The van der Waals surface area contributed by atoms with Crippen LogP contribution in [0, 0.1) is 5.92 Å². The Morgan fingerprint density at radius 3 is 2.75 bits per heavy atom. The topological polar surface area (TPSA) is 66.3 Å². The summed E-state index contributed by atoms with van der Waals surface area (Å²) in [6.45, 7) is 1.04. The molecule has 2 fully saturated rings. The van der Waals surface area contributed by atoms with Crippen LogP contribution >= 0.6 is 0 Å². The van der Waals surface area contributed by atoms with Crippen molar-refractivity contribution < 1.29 is 9.90 Å². The molecule has 0 radical (unpaired) electrons. The van der Waals surface area contributed by atoms with E-state index in [0.29, 0.717) is 6.04 Å². The number of anilines is 1. The predicted octanol–water partition coefficient (Wildman–Crippen LogP) is 2.34. The normalized spacial score (nSPS) is 25.9. The minimum Gasteiger partial charge on any atom is -0.478 e. The number of aromatic nitrogens is 2. The summed E-state index contributed by atoms with van der Waals surface area (Å²) in [4.78, 5) is 21.6. The molecule has 5 heteroatoms. The highest BCUT2D eigenvalue weighted by Gasteiger charge is 2.36. The van der Waals surface area contributed by atoms with Crippen molar-refractivity contribution >= 4 is 18.0 Å². The zero-order valence-corrected chi connectivity index (χ0v) is 11.4. The number of nitrogens with zero attached hydrogens (tertiary/aromatic N) is 3. The largest absolute Gasteiger partial charge is 0.478 e. The Balaban J connectivity index is 1.73. The molecule has 106 valence electrons. The van der Waals surface area contributed by atoms with Crippen molar-refractivity contribution in [1.82, 2.24) is 9.97 Å². The van der Waals surface area contributed by atoms with E-state index in [1.165, 1.54) is 38.2 Å². The van der Waals surface area contributed by atoms with E-state index < -0.39 is 5.97 Å². The van der Waals surface area contributed by atoms with Crippen molar-refractivity contribution in [2.75, 3.05) is 11.4 Å². The van der Waals surface area contributed by atoms with Crippen LogP contribution in [0.5, 0.6) is 0 Å². The predicted molar refractivity (Wildman–Crippen MR) is 76.4 cm³/mol. The number of aliphatic carboxylic acids is 1. The van der Waals surface area contributed by atoms with Gasteiger partial charge in [0.05, 0.1) is 0 Å². The average Bonchev–Trinajstić information content (AvgIpc) is 2.89. The monoisotopic (exact) mass is 273 g/mol. The van der Waals surface area contributed by atoms with Crippen molar-refractivity contribution in [2.45, 2.75) is 38.1 Å². The van der Waals surface area contributed by atoms with Gasteiger partial charge in [0.1, 0.15) is 0 Å². The van der Waals surface area contributed by atoms with E-state index in [4.69, 9.17) is 5.11 Å². The maximum atomic E-state index is 10.5. The Labute approximate surface area is 118 Å². The molecular formula is C15H19N3O2. The lowest BCUT2D eigenvalue weighted by molar-refractivity contribution is -0.131. The van der Waals surface area contributed by atoms with Crippen LogP contribution in [-0.4, -0.2) is 33.6 Å². The van der Waals surface area contributed by atoms with Crippen molar-refractivity contribution in [1.29, 1.82) is 0 Å². The molecule has 2 heterocycles. The quantitative estimate of drug-likeness (QED) is 0.856. The number of carboxylic acid groups (broad SMARTS) is 1. The lowest BCUT2D eigenvalue weighted by Gasteiger charge is -2.31. The van der Waals surface area contributed by atoms with Crippen LogP contribution in [0.1, 0.15) is 37.7 Å². The maximum Gasteiger partial charge on any atom is 0.328 e. The molecule has 0 bridgehead atoms. The second kappa shape index (κ2) is 5.61. The Morgan fingerprint density at radius 1 is 1.25 bits per heavy atom. The van der Waals surface area contributed by atoms with E-state index in [0.717, 1.165) is 30.1 Å². The lowest BCUT2D eigenvalue weighted by atomic mass is 9.85. The van der Waals surface area contributed by atoms with E-state index >= 15 is 0 Å². The van der Waals surface area contributed by atoms with Crippen LogP contribution < -0.4 is 4.90 Å². The molecule has 0 aromatic carbocycles. The molecule has 0 amide bonds. The first-order chi connectivity index (χ1) is 9.74. The van der Waals surface area contributed by atoms with Gasteiger partial charge in [-0.3, -0.25) is 0 Å². The van der Waals surface area contributed by atoms with Gasteiger partial charge >= 0.3 is 5.97 Å². The molecule has 5 nitrogen and oxygen atoms in total. The third-order valence-electron chi connectivity index (χ3n) is 4.34. The van der Waals surface area contributed by atoms with Crippen LogP contribution in [0.2, 0.25) is 0 Å². The minimum absolute atomic E-state index is 0.601. The van der Waals surface area contributed by atoms with Gasteiger partial charge in [0.15, 0.2) is 0 Å². The standard InChI is InChI=1S/C15H19N3O2/c19-14(20)6-5-11-9-16-15(17-10-11)18-8-7-12-3-1-2-4-13(12)18/h5-6,9-10,12-13H,1-4,7-8H2,(H,19,20)/b6-5+. The second-order valence-electron chi connectivity index (χ2n) is 5.58. The first-order valence-electron chi connectivity index (χ1n) is 7.24. The molecule has 1 aliphatic heterocycles. The van der Waals surface area contributed by atoms with Gasteiger partial charge in [-0.1, -0.05) is 12.8 Å². The van der Waals surface area contributed by atoms with Gasteiger partial charge in [-0.05, 0) is 31.3 Å². The molecule has 3 rings (SSSR count). The fourth-order valence-corrected chi connectivity index (χ4v) is 3.39. The molecule has 1 saturated heterocycles. The summed E-state index contributed by atoms with van der Waals surface area (Å²) in [5.41, 5.74) is 0.718. The first kappa shape index (κ1) is 13.1. The van der Waals surface area contributed by atoms with E-state index in [-0.39, 0.29) is 0 Å². The summed E-state index contributed by atoms with van der Waals surface area (Å²) in [6, 6.07) is 0.601. The molecule has 20 heavy (non-hydrogen) atoms. The molecule has 1 aromatic heterocycles. The zero-order chi connectivity index (χ0) is 13.9. The van der Waals surface area contributed by atoms with Crippen LogP contribution in [0.4, 0.5) is 5.95 Å². The van der Waals surface area contributed by atoms with Gasteiger partial charge in [-0.2, -0.15) is 0 Å². The number of hydrogen-bond donors (Lipinski definition) is 1. The number of carbonyl (C=O) groups is 1. The van der Waals surface area contributed by atoms with E-state index in [9.17, 15) is 4.79 Å². The minimum atomic E-state index is -0.960. The van der Waals surface area contributed by atoms with Gasteiger partial charge in [0.25, 0.3) is 0 Å². The summed E-state index contributed by atoms with van der Waals surface area (Å²) in [5, 5.41) is 8.60. The molecule has 1 saturated carbocycles. The Bertz CT molecular complexity index is 512. The lowest BCUT2D eigenvalue weighted by Crippen LogP contribution is -2.35. The van der Waals surface area contributed by atoms with Crippen LogP contribution in [-0.2, 0) is 4.79 Å². The molecule has 2 unspecified atom stereocenters. The molecule has 0 spiro atoms. The average molecular weight is 273 g/mol. The van der Waals surface area contributed by atoms with Gasteiger partial charge in [0, 0.05) is 36.6 Å². The SMILES string of the molecule is O=C(O)/C=C/c1cnc(N2CCC3CCCCC32)nc1. The summed E-state index contributed by atoms with van der Waals surface area (Å²) in [5.74, 6) is 0.629. The number of hydrogen-bond acceptors (Lipinski definition) is 4. The highest BCUT2D eigenvalue weighted by atomic mass is 16.4. The van der Waals surface area contributed by atoms with Crippen LogP contribution in [0.3, 0.4) is 0 Å². The fraction of sp³-hybridized carbons (Fsp3) is 0.533. The molecule has 2 aliphatic rings. The van der Waals surface area contributed by atoms with Crippen molar-refractivity contribution in [3.63, 3.8) is 0 Å². The third kappa shape index (κ3) is 2.66. The molecule has 1 aliphatic carbocycles. The van der Waals surface area contributed by atoms with Crippen LogP contribution in [0.15, 0.2) is 18.5 Å². The third-order valence-corrected chi connectivity index (χ3v) is 4.34. The van der Waals surface area contributed by atoms with Crippen molar-refractivity contribution in [3.8, 4) is 0 Å². The van der Waals surface area contributed by atoms with Gasteiger partial charge in [0.2, 0.25) is 5.95 Å². The first-order valence-corrected chi connectivity index (χ1v) is 7.24. The molecule has 1 N–H and O–H groups in total. The van der Waals surface area contributed by atoms with E-state index in [1.807, 2.05) is 0 Å². The second-order valence-corrected chi connectivity index (χ2v) is 5.58. The van der Waals surface area contributed by atoms with Gasteiger partial charge in [-0.15, -0.1) is 0 Å². The van der Waals surface area contributed by atoms with E-state index in [2.05, 4.69) is 14.9 Å². The molecule has 1 aromatic rings. The fourth-order valence-electron chi connectivity index (χ4n) is 3.39. The zero-order valence-electron chi connectivity index (χ0n) is 11.4. The van der Waals surface area contributed by atoms with Gasteiger partial charge in [-0.25, -0.2) is 14.8 Å². The summed E-state index contributed by atoms with van der Waals surface area (Å²) in [7, 11) is 0. The Hall–Kier alpha value is -1.91. The summed E-state index contributed by atoms with van der Waals surface area (Å²) >= 11 is 0. The smallest absolute Gasteiger partial charge is 0.328 e. The Kier molecular flexibility index (Phi) is 3.67. The number of rotatable bonds is 3. The molecule has 2 atom stereocenters. The van der Waals surface area contributed by atoms with Crippen LogP contribution in [0.25, 0.3) is 6.08 Å². The van der Waals surface area contributed by atoms with Crippen molar-refractivity contribution in [2.24, 2.45) is 5.92 Å². The summed E-state index contributed by atoms with van der Waals surface area (Å²) < 4.78 is 0. The van der Waals surface area contributed by atoms with Crippen molar-refractivity contribution in [3.05, 3.63) is 24.0 Å². The molecular weight excluding hydrogens is 254 g/mol. The number of carboxylic acids is 1.